The number of thioether (sulfide) groups is 1. The van der Waals surface area contributed by atoms with Crippen LogP contribution in [0.2, 0.25) is 0 Å². The largest absolute Gasteiger partial charge is 0.510 e. The molecule has 0 aliphatic heterocycles. The number of hydrogen-bond donors (Lipinski definition) is 2. The van der Waals surface area contributed by atoms with Crippen LogP contribution in [0.15, 0.2) is 72.1 Å². The predicted molar refractivity (Wildman–Crippen MR) is 132 cm³/mol. The minimum Gasteiger partial charge on any atom is -0.510 e. The highest BCUT2D eigenvalue weighted by Gasteiger charge is 2.17. The molecule has 0 amide bonds. The van der Waals surface area contributed by atoms with E-state index in [9.17, 15) is 10.4 Å². The van der Waals surface area contributed by atoms with Crippen molar-refractivity contribution in [2.24, 2.45) is 0 Å². The molecule has 4 aromatic rings. The molecule has 0 saturated heterocycles. The van der Waals surface area contributed by atoms with Crippen molar-refractivity contribution in [3.05, 3.63) is 84.2 Å². The van der Waals surface area contributed by atoms with Gasteiger partial charge in [0.1, 0.15) is 29.8 Å². The Morgan fingerprint density at radius 3 is 2.74 bits per heavy atom. The number of nitrogens with one attached hydrogen (secondary N) is 1. The van der Waals surface area contributed by atoms with Gasteiger partial charge in [-0.15, -0.1) is 16.8 Å². The first-order valence-electron chi connectivity index (χ1n) is 10.8. The van der Waals surface area contributed by atoms with Crippen LogP contribution in [0.5, 0.6) is 5.75 Å². The average molecular weight is 473 g/mol. The Kier molecular flexibility index (Phi) is 7.30. The highest BCUT2D eigenvalue weighted by Crippen LogP contribution is 2.25. The van der Waals surface area contributed by atoms with Gasteiger partial charge in [-0.2, -0.15) is 5.26 Å². The Morgan fingerprint density at radius 1 is 1.24 bits per heavy atom. The van der Waals surface area contributed by atoms with Crippen LogP contribution >= 0.6 is 11.8 Å². The Hall–Kier alpha value is -4.03. The van der Waals surface area contributed by atoms with Crippen molar-refractivity contribution in [2.45, 2.75) is 31.7 Å². The Balaban J connectivity index is 1.48. The van der Waals surface area contributed by atoms with E-state index in [0.29, 0.717) is 23.4 Å². The standard InChI is InChI=1S/C25H24N6O2S/c1-3-13-31-23(15-33-18-11-9-17(4-2)10-12-18)29-30-25(31)34-16-22(32)19(14-26)24-27-20-7-5-6-8-21(20)28-24/h3,5-12,32H,1,4,13,15-16H2,2H3,(H,27,28). The van der Waals surface area contributed by atoms with Crippen LogP contribution in [0.25, 0.3) is 16.6 Å². The number of allylic oxidation sites excluding steroid dienone is 2. The van der Waals surface area contributed by atoms with Crippen LogP contribution in [0.3, 0.4) is 0 Å². The molecular formula is C25H24N6O2S. The van der Waals surface area contributed by atoms with Crippen molar-refractivity contribution in [1.82, 2.24) is 24.7 Å². The van der Waals surface area contributed by atoms with Gasteiger partial charge in [-0.05, 0) is 36.2 Å². The fourth-order valence-electron chi connectivity index (χ4n) is 3.34. The number of rotatable bonds is 10. The number of aryl methyl sites for hydroxylation is 1. The lowest BCUT2D eigenvalue weighted by Crippen LogP contribution is -2.08. The summed E-state index contributed by atoms with van der Waals surface area (Å²) in [7, 11) is 0. The minimum absolute atomic E-state index is 0.0893. The highest BCUT2D eigenvalue weighted by atomic mass is 32.2. The zero-order valence-electron chi connectivity index (χ0n) is 18.7. The minimum atomic E-state index is -0.0893. The summed E-state index contributed by atoms with van der Waals surface area (Å²) in [4.78, 5) is 7.48. The van der Waals surface area contributed by atoms with Gasteiger partial charge in [-0.25, -0.2) is 4.98 Å². The second kappa shape index (κ2) is 10.7. The predicted octanol–water partition coefficient (Wildman–Crippen LogP) is 5.07. The molecule has 0 aliphatic carbocycles. The molecule has 2 heterocycles. The van der Waals surface area contributed by atoms with Crippen LogP contribution in [-0.2, 0) is 19.6 Å². The summed E-state index contributed by atoms with van der Waals surface area (Å²) >= 11 is 1.27. The molecule has 0 unspecified atom stereocenters. The van der Waals surface area contributed by atoms with E-state index in [0.717, 1.165) is 23.2 Å². The number of benzene rings is 2. The Morgan fingerprint density at radius 2 is 2.03 bits per heavy atom. The van der Waals surface area contributed by atoms with Crippen molar-refractivity contribution in [1.29, 1.82) is 5.26 Å². The summed E-state index contributed by atoms with van der Waals surface area (Å²) in [6.45, 7) is 6.65. The van der Waals surface area contributed by atoms with E-state index in [2.05, 4.69) is 39.7 Å². The molecular weight excluding hydrogens is 448 g/mol. The van der Waals surface area contributed by atoms with E-state index in [1.54, 1.807) is 6.08 Å². The topological polar surface area (TPSA) is 113 Å². The number of aliphatic hydroxyl groups excluding tert-OH is 1. The number of aliphatic hydroxyl groups is 1. The van der Waals surface area contributed by atoms with E-state index >= 15 is 0 Å². The van der Waals surface area contributed by atoms with E-state index < -0.39 is 0 Å². The monoisotopic (exact) mass is 472 g/mol. The number of hydrogen-bond acceptors (Lipinski definition) is 7. The number of aromatic amines is 1. The van der Waals surface area contributed by atoms with Gasteiger partial charge in [-0.1, -0.05) is 49.0 Å². The molecule has 0 spiro atoms. The molecule has 0 bridgehead atoms. The zero-order chi connectivity index (χ0) is 23.9. The smallest absolute Gasteiger partial charge is 0.192 e. The third kappa shape index (κ3) is 5.13. The first-order chi connectivity index (χ1) is 16.6. The molecule has 0 fully saturated rings. The van der Waals surface area contributed by atoms with Crippen molar-refractivity contribution in [3.63, 3.8) is 0 Å². The second-order valence-corrected chi connectivity index (χ2v) is 8.35. The number of aromatic nitrogens is 5. The van der Waals surface area contributed by atoms with Crippen LogP contribution < -0.4 is 4.74 Å². The maximum Gasteiger partial charge on any atom is 0.192 e. The molecule has 2 N–H and O–H groups in total. The van der Waals surface area contributed by atoms with Gasteiger partial charge in [0, 0.05) is 6.54 Å². The molecule has 4 rings (SSSR count). The first-order valence-corrected chi connectivity index (χ1v) is 11.8. The van der Waals surface area contributed by atoms with Gasteiger partial charge < -0.3 is 14.8 Å². The number of nitrogens with zero attached hydrogens (tertiary/aromatic N) is 5. The zero-order valence-corrected chi connectivity index (χ0v) is 19.5. The summed E-state index contributed by atoms with van der Waals surface area (Å²) in [6, 6.07) is 17.5. The van der Waals surface area contributed by atoms with Crippen LogP contribution in [0.4, 0.5) is 0 Å². The fraction of sp³-hybridized carbons (Fsp3) is 0.200. The molecule has 0 saturated carbocycles. The number of nitriles is 1. The maximum atomic E-state index is 10.6. The van der Waals surface area contributed by atoms with Crippen LogP contribution in [-0.4, -0.2) is 35.6 Å². The van der Waals surface area contributed by atoms with E-state index in [4.69, 9.17) is 4.74 Å². The number of fused-ring (bicyclic) bond motifs is 1. The molecule has 8 nitrogen and oxygen atoms in total. The maximum absolute atomic E-state index is 10.6. The molecule has 172 valence electrons. The van der Waals surface area contributed by atoms with Crippen LogP contribution in [0, 0.1) is 11.3 Å². The van der Waals surface area contributed by atoms with E-state index in [1.165, 1.54) is 17.3 Å². The lowest BCUT2D eigenvalue weighted by Gasteiger charge is -2.09. The highest BCUT2D eigenvalue weighted by molar-refractivity contribution is 7.99. The van der Waals surface area contributed by atoms with Crippen molar-refractivity contribution < 1.29 is 9.84 Å². The van der Waals surface area contributed by atoms with Gasteiger partial charge in [0.15, 0.2) is 16.8 Å². The van der Waals surface area contributed by atoms with Crippen molar-refractivity contribution in [3.8, 4) is 11.8 Å². The third-order valence-electron chi connectivity index (χ3n) is 5.17. The van der Waals surface area contributed by atoms with Gasteiger partial charge in [0.25, 0.3) is 0 Å². The van der Waals surface area contributed by atoms with Gasteiger partial charge in [0.05, 0.1) is 16.8 Å². The van der Waals surface area contributed by atoms with E-state index in [1.807, 2.05) is 53.1 Å². The molecule has 0 aliphatic rings. The number of H-pyrrole nitrogens is 1. The fourth-order valence-corrected chi connectivity index (χ4v) is 4.19. The summed E-state index contributed by atoms with van der Waals surface area (Å²) in [6.07, 6.45) is 2.72. The number of ether oxygens (including phenoxy) is 1. The molecule has 2 aromatic heterocycles. The summed E-state index contributed by atoms with van der Waals surface area (Å²) in [5, 5.41) is 29.4. The normalized spacial score (nSPS) is 11.8. The molecule has 0 atom stereocenters. The number of para-hydroxylation sites is 2. The number of imidazole rings is 1. The average Bonchev–Trinajstić information content (AvgIpc) is 3.46. The van der Waals surface area contributed by atoms with E-state index in [-0.39, 0.29) is 23.7 Å². The first kappa shape index (κ1) is 23.1. The summed E-state index contributed by atoms with van der Waals surface area (Å²) in [5.74, 6) is 1.77. The van der Waals surface area contributed by atoms with Gasteiger partial charge >= 0.3 is 0 Å². The van der Waals surface area contributed by atoms with Gasteiger partial charge in [0.2, 0.25) is 0 Å². The quantitative estimate of drug-likeness (QED) is 0.143. The lowest BCUT2D eigenvalue weighted by atomic mass is 10.2. The van der Waals surface area contributed by atoms with Crippen molar-refractivity contribution in [2.75, 3.05) is 5.75 Å². The van der Waals surface area contributed by atoms with Gasteiger partial charge in [-0.3, -0.25) is 4.57 Å². The Labute approximate surface area is 201 Å². The summed E-state index contributed by atoms with van der Waals surface area (Å²) < 4.78 is 7.75. The SMILES string of the molecule is C=CCn1c(COc2ccc(CC)cc2)nnc1SCC(O)=C(C#N)c1nc2ccccc2[nH]1. The molecule has 2 aromatic carbocycles. The third-order valence-corrected chi connectivity index (χ3v) is 6.15. The van der Waals surface area contributed by atoms with Crippen molar-refractivity contribution >= 4 is 28.4 Å². The molecule has 0 radical (unpaired) electrons. The second-order valence-electron chi connectivity index (χ2n) is 7.41. The molecule has 34 heavy (non-hydrogen) atoms. The molecule has 9 heteroatoms. The summed E-state index contributed by atoms with van der Waals surface area (Å²) in [5.41, 5.74) is 2.86. The Bertz CT molecular complexity index is 1330. The van der Waals surface area contributed by atoms with Crippen LogP contribution in [0.1, 0.15) is 24.1 Å². The lowest BCUT2D eigenvalue weighted by molar-refractivity contribution is 0.289.